The summed E-state index contributed by atoms with van der Waals surface area (Å²) in [6.45, 7) is 3.78. The molecule has 7 nitrogen and oxygen atoms in total. The summed E-state index contributed by atoms with van der Waals surface area (Å²) in [6.07, 6.45) is 2.92. The minimum Gasteiger partial charge on any atom is -0.482 e. The van der Waals surface area contributed by atoms with Crippen LogP contribution in [0.15, 0.2) is 54.3 Å². The Kier molecular flexibility index (Phi) is 4.86. The average molecular weight is 462 g/mol. The van der Waals surface area contributed by atoms with Crippen LogP contribution < -0.4 is 10.6 Å². The van der Waals surface area contributed by atoms with Gasteiger partial charge in [0.05, 0.1) is 18.4 Å². The highest BCUT2D eigenvalue weighted by Crippen LogP contribution is 2.44. The number of esters is 1. The van der Waals surface area contributed by atoms with Crippen LogP contribution in [0, 0.1) is 5.82 Å². The van der Waals surface area contributed by atoms with Gasteiger partial charge in [-0.05, 0) is 68.7 Å². The minimum absolute atomic E-state index is 0.348. The van der Waals surface area contributed by atoms with Gasteiger partial charge in [-0.15, -0.1) is 0 Å². The van der Waals surface area contributed by atoms with Crippen molar-refractivity contribution in [1.29, 1.82) is 0 Å². The molecule has 2 amide bonds. The highest BCUT2D eigenvalue weighted by Gasteiger charge is 2.52. The van der Waals surface area contributed by atoms with Crippen LogP contribution in [0.4, 0.5) is 10.1 Å². The molecule has 2 heterocycles. The lowest BCUT2D eigenvalue weighted by atomic mass is 9.91. The van der Waals surface area contributed by atoms with Crippen LogP contribution in [-0.2, 0) is 19.1 Å². The number of amides is 2. The molecule has 1 saturated carbocycles. The summed E-state index contributed by atoms with van der Waals surface area (Å²) in [6, 6.07) is 11.1. The summed E-state index contributed by atoms with van der Waals surface area (Å²) >= 11 is 0. The standard InChI is InChI=1S/C26H23FN2O5/c1-25(2)18(13-20(34-25)21-17-9-8-16(27)12-19(17)28-23(21)31)14-4-6-15(7-5-14)22(30)29-26(10-11-26)24(32)33-3/h4-9,12-13H,10-11H2,1-3H3,(H,28,31)(H,29,30)/b21-20+. The Hall–Kier alpha value is -3.94. The molecule has 0 saturated heterocycles. The molecule has 2 aromatic carbocycles. The van der Waals surface area contributed by atoms with Crippen molar-refractivity contribution in [2.24, 2.45) is 0 Å². The van der Waals surface area contributed by atoms with E-state index in [0.29, 0.717) is 41.0 Å². The number of fused-ring (bicyclic) bond motifs is 1. The zero-order valence-electron chi connectivity index (χ0n) is 19.0. The van der Waals surface area contributed by atoms with Gasteiger partial charge in [0.25, 0.3) is 11.8 Å². The summed E-state index contributed by atoms with van der Waals surface area (Å²) < 4.78 is 24.5. The van der Waals surface area contributed by atoms with E-state index >= 15 is 0 Å². The molecule has 0 radical (unpaired) electrons. The first-order valence-electron chi connectivity index (χ1n) is 10.9. The van der Waals surface area contributed by atoms with Crippen LogP contribution in [0.2, 0.25) is 0 Å². The van der Waals surface area contributed by atoms with Crippen molar-refractivity contribution in [1.82, 2.24) is 5.32 Å². The van der Waals surface area contributed by atoms with Gasteiger partial charge in [0.15, 0.2) is 0 Å². The quantitative estimate of drug-likeness (QED) is 0.532. The number of allylic oxidation sites excluding steroid dienone is 1. The molecule has 2 N–H and O–H groups in total. The zero-order chi connectivity index (χ0) is 24.3. The summed E-state index contributed by atoms with van der Waals surface area (Å²) in [4.78, 5) is 37.2. The van der Waals surface area contributed by atoms with E-state index < -0.39 is 22.9 Å². The number of anilines is 1. The molecule has 34 heavy (non-hydrogen) atoms. The maximum Gasteiger partial charge on any atom is 0.331 e. The molecule has 8 heteroatoms. The molecule has 0 unspecified atom stereocenters. The number of methoxy groups -OCH3 is 1. The topological polar surface area (TPSA) is 93.7 Å². The lowest BCUT2D eigenvalue weighted by molar-refractivity contribution is -0.144. The summed E-state index contributed by atoms with van der Waals surface area (Å²) in [5.74, 6) is -1.17. The fourth-order valence-electron chi connectivity index (χ4n) is 4.40. The number of benzene rings is 2. The largest absolute Gasteiger partial charge is 0.482 e. The van der Waals surface area contributed by atoms with Gasteiger partial charge in [0.2, 0.25) is 0 Å². The van der Waals surface area contributed by atoms with Crippen molar-refractivity contribution in [3.63, 3.8) is 0 Å². The lowest BCUT2D eigenvalue weighted by Gasteiger charge is -2.23. The van der Waals surface area contributed by atoms with Crippen molar-refractivity contribution in [3.05, 3.63) is 76.8 Å². The molecule has 0 bridgehead atoms. The maximum atomic E-state index is 13.6. The number of halogens is 1. The van der Waals surface area contributed by atoms with Crippen molar-refractivity contribution in [3.8, 4) is 0 Å². The third kappa shape index (κ3) is 3.55. The van der Waals surface area contributed by atoms with Crippen LogP contribution in [-0.4, -0.2) is 36.0 Å². The SMILES string of the molecule is COC(=O)C1(NC(=O)c2ccc(C3=C/C(=C4\C(=O)Nc5cc(F)ccc54)OC3(C)C)cc2)CC1. The maximum absolute atomic E-state index is 13.6. The second-order valence-corrected chi connectivity index (χ2v) is 9.16. The minimum atomic E-state index is -0.920. The number of ether oxygens (including phenoxy) is 2. The van der Waals surface area contributed by atoms with E-state index in [1.807, 2.05) is 13.8 Å². The molecular formula is C26H23FN2O5. The van der Waals surface area contributed by atoms with Crippen LogP contribution in [0.25, 0.3) is 11.1 Å². The van der Waals surface area contributed by atoms with Crippen molar-refractivity contribution >= 4 is 34.6 Å². The monoisotopic (exact) mass is 462 g/mol. The van der Waals surface area contributed by atoms with Crippen LogP contribution in [0.5, 0.6) is 0 Å². The van der Waals surface area contributed by atoms with E-state index in [0.717, 1.165) is 11.1 Å². The predicted octanol–water partition coefficient (Wildman–Crippen LogP) is 3.82. The predicted molar refractivity (Wildman–Crippen MR) is 123 cm³/mol. The van der Waals surface area contributed by atoms with Gasteiger partial charge in [0, 0.05) is 16.7 Å². The third-order valence-electron chi connectivity index (χ3n) is 6.40. The number of carbonyl (C=O) groups excluding carboxylic acids is 3. The Morgan fingerprint density at radius 3 is 2.47 bits per heavy atom. The Morgan fingerprint density at radius 1 is 1.12 bits per heavy atom. The van der Waals surface area contributed by atoms with Gasteiger partial charge >= 0.3 is 5.97 Å². The summed E-state index contributed by atoms with van der Waals surface area (Å²) in [5.41, 5.74) is 1.76. The third-order valence-corrected chi connectivity index (χ3v) is 6.40. The van der Waals surface area contributed by atoms with Gasteiger partial charge in [-0.1, -0.05) is 12.1 Å². The van der Waals surface area contributed by atoms with E-state index in [-0.39, 0.29) is 11.8 Å². The smallest absolute Gasteiger partial charge is 0.331 e. The van der Waals surface area contributed by atoms with E-state index in [9.17, 15) is 18.8 Å². The molecule has 0 spiro atoms. The number of hydrogen-bond acceptors (Lipinski definition) is 5. The van der Waals surface area contributed by atoms with Crippen molar-refractivity contribution in [2.45, 2.75) is 37.8 Å². The van der Waals surface area contributed by atoms with E-state index in [4.69, 9.17) is 9.47 Å². The fourth-order valence-corrected chi connectivity index (χ4v) is 4.40. The van der Waals surface area contributed by atoms with Gasteiger partial charge in [0.1, 0.15) is 22.7 Å². The first kappa shape index (κ1) is 21.9. The molecule has 174 valence electrons. The summed E-state index contributed by atoms with van der Waals surface area (Å²) in [7, 11) is 1.30. The molecule has 3 aliphatic rings. The first-order valence-corrected chi connectivity index (χ1v) is 10.9. The molecule has 2 aliphatic heterocycles. The van der Waals surface area contributed by atoms with Crippen LogP contribution in [0.3, 0.4) is 0 Å². The Morgan fingerprint density at radius 2 is 1.82 bits per heavy atom. The normalized spacial score (nSPS) is 21.2. The van der Waals surface area contributed by atoms with Gasteiger partial charge in [-0.3, -0.25) is 9.59 Å². The highest BCUT2D eigenvalue weighted by atomic mass is 19.1. The number of nitrogens with one attached hydrogen (secondary N) is 2. The Labute approximate surface area is 195 Å². The van der Waals surface area contributed by atoms with E-state index in [1.165, 1.54) is 19.2 Å². The molecule has 1 aliphatic carbocycles. The van der Waals surface area contributed by atoms with Crippen molar-refractivity contribution < 1.29 is 28.2 Å². The van der Waals surface area contributed by atoms with Gasteiger partial charge < -0.3 is 20.1 Å². The molecule has 2 aromatic rings. The first-order chi connectivity index (χ1) is 16.1. The second-order valence-electron chi connectivity index (χ2n) is 9.16. The van der Waals surface area contributed by atoms with Gasteiger partial charge in [-0.25, -0.2) is 9.18 Å². The molecule has 5 rings (SSSR count). The lowest BCUT2D eigenvalue weighted by Crippen LogP contribution is -2.43. The Bertz CT molecular complexity index is 1300. The molecule has 0 atom stereocenters. The molecule has 1 fully saturated rings. The number of rotatable bonds is 4. The van der Waals surface area contributed by atoms with E-state index in [1.54, 1.807) is 36.4 Å². The highest BCUT2D eigenvalue weighted by molar-refractivity contribution is 6.32. The van der Waals surface area contributed by atoms with Crippen LogP contribution >= 0.6 is 0 Å². The average Bonchev–Trinajstić information content (AvgIpc) is 3.41. The number of hydrogen-bond donors (Lipinski definition) is 2. The molecule has 0 aromatic heterocycles. The van der Waals surface area contributed by atoms with Crippen LogP contribution in [0.1, 0.15) is 48.2 Å². The fraction of sp³-hybridized carbons (Fsp3) is 0.269. The van der Waals surface area contributed by atoms with E-state index in [2.05, 4.69) is 10.6 Å². The second kappa shape index (κ2) is 7.55. The zero-order valence-corrected chi connectivity index (χ0v) is 19.0. The summed E-state index contributed by atoms with van der Waals surface area (Å²) in [5, 5.41) is 5.45. The number of carbonyl (C=O) groups is 3. The van der Waals surface area contributed by atoms with Gasteiger partial charge in [-0.2, -0.15) is 0 Å². The Balaban J connectivity index is 1.43. The van der Waals surface area contributed by atoms with Crippen molar-refractivity contribution in [2.75, 3.05) is 12.4 Å². The molecular weight excluding hydrogens is 439 g/mol.